The van der Waals surface area contributed by atoms with Crippen LogP contribution < -0.4 is 0 Å². The SMILES string of the molecule is Cc1c(C(=O)c2ccc(Br)cc2)sc2scnc12. The molecule has 0 radical (unpaired) electrons. The first kappa shape index (κ1) is 12.0. The third-order valence-corrected chi connectivity index (χ3v) is 5.50. The lowest BCUT2D eigenvalue weighted by Crippen LogP contribution is -2.00. The molecule has 0 bridgehead atoms. The minimum atomic E-state index is 0.0789. The summed E-state index contributed by atoms with van der Waals surface area (Å²) in [7, 11) is 0. The zero-order chi connectivity index (χ0) is 12.7. The molecular formula is C13H8BrNOS2. The van der Waals surface area contributed by atoms with Crippen molar-refractivity contribution >= 4 is 53.9 Å². The maximum absolute atomic E-state index is 12.4. The maximum atomic E-state index is 12.4. The fourth-order valence-electron chi connectivity index (χ4n) is 1.78. The van der Waals surface area contributed by atoms with Crippen LogP contribution in [-0.2, 0) is 0 Å². The van der Waals surface area contributed by atoms with Gasteiger partial charge in [0.1, 0.15) is 4.01 Å². The molecular weight excluding hydrogens is 330 g/mol. The summed E-state index contributed by atoms with van der Waals surface area (Å²) < 4.78 is 2.09. The second kappa shape index (κ2) is 4.57. The minimum absolute atomic E-state index is 0.0789. The van der Waals surface area contributed by atoms with Crippen LogP contribution in [0.5, 0.6) is 0 Å². The highest BCUT2D eigenvalue weighted by Crippen LogP contribution is 2.34. The summed E-state index contributed by atoms with van der Waals surface area (Å²) in [6, 6.07) is 7.45. The lowest BCUT2D eigenvalue weighted by Gasteiger charge is -2.00. The van der Waals surface area contributed by atoms with Gasteiger partial charge in [-0.05, 0) is 36.8 Å². The van der Waals surface area contributed by atoms with Gasteiger partial charge in [0, 0.05) is 10.0 Å². The van der Waals surface area contributed by atoms with Crippen LogP contribution in [0.4, 0.5) is 0 Å². The van der Waals surface area contributed by atoms with Crippen molar-refractivity contribution in [1.82, 2.24) is 4.98 Å². The second-order valence-corrected chi connectivity index (χ2v) is 6.93. The van der Waals surface area contributed by atoms with Crippen LogP contribution in [0.3, 0.4) is 0 Å². The van der Waals surface area contributed by atoms with Gasteiger partial charge < -0.3 is 0 Å². The molecule has 3 aromatic rings. The van der Waals surface area contributed by atoms with Crippen molar-refractivity contribution in [3.05, 3.63) is 50.3 Å². The number of rotatable bonds is 2. The highest BCUT2D eigenvalue weighted by atomic mass is 79.9. The van der Waals surface area contributed by atoms with Crippen molar-refractivity contribution in [2.75, 3.05) is 0 Å². The second-order valence-electron chi connectivity index (χ2n) is 3.88. The van der Waals surface area contributed by atoms with Gasteiger partial charge in [-0.25, -0.2) is 4.98 Å². The molecule has 0 N–H and O–H groups in total. The number of thiophene rings is 1. The first-order valence-corrected chi connectivity index (χ1v) is 7.78. The van der Waals surface area contributed by atoms with Crippen LogP contribution in [0.1, 0.15) is 20.8 Å². The van der Waals surface area contributed by atoms with Crippen LogP contribution in [0.15, 0.2) is 34.2 Å². The molecule has 0 unspecified atom stereocenters. The molecule has 5 heteroatoms. The van der Waals surface area contributed by atoms with Gasteiger partial charge in [0.2, 0.25) is 5.78 Å². The molecule has 0 spiro atoms. The van der Waals surface area contributed by atoms with Crippen LogP contribution in [0.2, 0.25) is 0 Å². The van der Waals surface area contributed by atoms with Crippen molar-refractivity contribution in [2.45, 2.75) is 6.92 Å². The number of halogens is 1. The van der Waals surface area contributed by atoms with Crippen molar-refractivity contribution < 1.29 is 4.79 Å². The summed E-state index contributed by atoms with van der Waals surface area (Å²) in [5, 5.41) is 0. The van der Waals surface area contributed by atoms with Gasteiger partial charge in [-0.3, -0.25) is 4.79 Å². The van der Waals surface area contributed by atoms with Gasteiger partial charge in [0.25, 0.3) is 0 Å². The lowest BCUT2D eigenvalue weighted by atomic mass is 10.1. The Morgan fingerprint density at radius 2 is 2.00 bits per heavy atom. The first-order chi connectivity index (χ1) is 8.66. The fraction of sp³-hybridized carbons (Fsp3) is 0.0769. The summed E-state index contributed by atoms with van der Waals surface area (Å²) >= 11 is 6.49. The number of nitrogens with zero attached hydrogens (tertiary/aromatic N) is 1. The molecule has 0 saturated heterocycles. The number of ketones is 1. The van der Waals surface area contributed by atoms with Crippen LogP contribution in [0, 0.1) is 6.92 Å². The van der Waals surface area contributed by atoms with E-state index >= 15 is 0 Å². The highest BCUT2D eigenvalue weighted by molar-refractivity contribution is 9.10. The van der Waals surface area contributed by atoms with E-state index in [2.05, 4.69) is 20.9 Å². The maximum Gasteiger partial charge on any atom is 0.203 e. The molecule has 2 heterocycles. The predicted molar refractivity (Wildman–Crippen MR) is 79.8 cm³/mol. The molecule has 0 atom stereocenters. The summed E-state index contributed by atoms with van der Waals surface area (Å²) in [5.41, 5.74) is 4.49. The number of hydrogen-bond acceptors (Lipinski definition) is 4. The summed E-state index contributed by atoms with van der Waals surface area (Å²) in [4.78, 5) is 17.5. The lowest BCUT2D eigenvalue weighted by molar-refractivity contribution is 0.104. The van der Waals surface area contributed by atoms with Crippen LogP contribution >= 0.6 is 38.6 Å². The molecule has 0 amide bonds. The van der Waals surface area contributed by atoms with E-state index in [0.717, 1.165) is 30.0 Å². The van der Waals surface area contributed by atoms with E-state index in [-0.39, 0.29) is 5.78 Å². The molecule has 18 heavy (non-hydrogen) atoms. The molecule has 3 rings (SSSR count). The molecule has 0 aliphatic rings. The Hall–Kier alpha value is -1.04. The van der Waals surface area contributed by atoms with Crippen molar-refractivity contribution in [1.29, 1.82) is 0 Å². The van der Waals surface area contributed by atoms with Gasteiger partial charge in [0.05, 0.1) is 15.9 Å². The average Bonchev–Trinajstić information content (AvgIpc) is 2.93. The number of fused-ring (bicyclic) bond motifs is 1. The molecule has 0 saturated carbocycles. The minimum Gasteiger partial charge on any atom is -0.288 e. The smallest absolute Gasteiger partial charge is 0.203 e. The van der Waals surface area contributed by atoms with Gasteiger partial charge >= 0.3 is 0 Å². The predicted octanol–water partition coefficient (Wildman–Crippen LogP) is 4.66. The Labute approximate surface area is 120 Å². The largest absolute Gasteiger partial charge is 0.288 e. The Morgan fingerprint density at radius 1 is 1.28 bits per heavy atom. The van der Waals surface area contributed by atoms with Gasteiger partial charge in [0.15, 0.2) is 0 Å². The van der Waals surface area contributed by atoms with E-state index < -0.39 is 0 Å². The fourth-order valence-corrected chi connectivity index (χ4v) is 4.14. The first-order valence-electron chi connectivity index (χ1n) is 5.29. The summed E-state index contributed by atoms with van der Waals surface area (Å²) in [6.07, 6.45) is 0. The van der Waals surface area contributed by atoms with Crippen molar-refractivity contribution in [3.63, 3.8) is 0 Å². The van der Waals surface area contributed by atoms with Gasteiger partial charge in [-0.1, -0.05) is 15.9 Å². The average molecular weight is 338 g/mol. The monoisotopic (exact) mass is 337 g/mol. The number of aromatic nitrogens is 1. The molecule has 2 aromatic heterocycles. The molecule has 1 aromatic carbocycles. The Balaban J connectivity index is 2.08. The molecule has 0 fully saturated rings. The molecule has 90 valence electrons. The quantitative estimate of drug-likeness (QED) is 0.636. The standard InChI is InChI=1S/C13H8BrNOS2/c1-7-10-13(17-6-15-10)18-12(7)11(16)8-2-4-9(14)5-3-8/h2-6H,1H3. The van der Waals surface area contributed by atoms with Gasteiger partial charge in [-0.2, -0.15) is 0 Å². The van der Waals surface area contributed by atoms with E-state index in [4.69, 9.17) is 0 Å². The summed E-state index contributed by atoms with van der Waals surface area (Å²) in [6.45, 7) is 1.96. The van der Waals surface area contributed by atoms with Crippen LogP contribution in [-0.4, -0.2) is 10.8 Å². The Kier molecular flexibility index (Phi) is 3.05. The molecule has 2 nitrogen and oxygen atoms in total. The zero-order valence-electron chi connectivity index (χ0n) is 9.44. The van der Waals surface area contributed by atoms with E-state index in [9.17, 15) is 4.79 Å². The van der Waals surface area contributed by atoms with E-state index in [1.54, 1.807) is 11.3 Å². The van der Waals surface area contributed by atoms with E-state index in [1.165, 1.54) is 11.3 Å². The van der Waals surface area contributed by atoms with E-state index in [0.29, 0.717) is 0 Å². The normalized spacial score (nSPS) is 11.0. The molecule has 0 aliphatic carbocycles. The Morgan fingerprint density at radius 3 is 2.67 bits per heavy atom. The van der Waals surface area contributed by atoms with Crippen molar-refractivity contribution in [2.24, 2.45) is 0 Å². The van der Waals surface area contributed by atoms with E-state index in [1.807, 2.05) is 36.7 Å². The third kappa shape index (κ3) is 1.92. The topological polar surface area (TPSA) is 30.0 Å². The Bertz CT molecular complexity index is 727. The zero-order valence-corrected chi connectivity index (χ0v) is 12.7. The third-order valence-electron chi connectivity index (χ3n) is 2.74. The highest BCUT2D eigenvalue weighted by Gasteiger charge is 2.18. The number of thiazole rings is 1. The number of carbonyl (C=O) groups is 1. The van der Waals surface area contributed by atoms with Crippen molar-refractivity contribution in [3.8, 4) is 0 Å². The van der Waals surface area contributed by atoms with Crippen LogP contribution in [0.25, 0.3) is 9.53 Å². The number of carbonyl (C=O) groups excluding carboxylic acids is 1. The van der Waals surface area contributed by atoms with Gasteiger partial charge in [-0.15, -0.1) is 22.7 Å². The number of hydrogen-bond donors (Lipinski definition) is 0. The summed E-state index contributed by atoms with van der Waals surface area (Å²) in [5.74, 6) is 0.0789. The number of benzene rings is 1. The number of aryl methyl sites for hydroxylation is 1. The molecule has 0 aliphatic heterocycles.